The van der Waals surface area contributed by atoms with E-state index in [4.69, 9.17) is 5.26 Å². The third kappa shape index (κ3) is 1.28. The molecule has 1 saturated carbocycles. The lowest BCUT2D eigenvalue weighted by atomic mass is 9.95. The Labute approximate surface area is 94.6 Å². The highest BCUT2D eigenvalue weighted by atomic mass is 16.7. The zero-order valence-electron chi connectivity index (χ0n) is 9.87. The first-order valence-electron chi connectivity index (χ1n) is 5.28. The first-order valence-corrected chi connectivity index (χ1v) is 5.28. The average Bonchev–Trinajstić information content (AvgIpc) is 2.61. The van der Waals surface area contributed by atoms with Gasteiger partial charge in [-0.05, 0) is 17.9 Å². The molecule has 84 valence electrons. The summed E-state index contributed by atoms with van der Waals surface area (Å²) < 4.78 is 0. The van der Waals surface area contributed by atoms with Crippen LogP contribution < -0.4 is 0 Å². The highest BCUT2D eigenvalue weighted by Gasteiger charge is 2.66. The van der Waals surface area contributed by atoms with Crippen molar-refractivity contribution in [1.29, 1.82) is 5.26 Å². The lowest BCUT2D eigenvalue weighted by molar-refractivity contribution is -0.140. The minimum absolute atomic E-state index is 0.0730. The van der Waals surface area contributed by atoms with Crippen molar-refractivity contribution in [3.63, 3.8) is 0 Å². The van der Waals surface area contributed by atoms with Gasteiger partial charge in [-0.15, -0.1) is 0 Å². The van der Waals surface area contributed by atoms with Crippen molar-refractivity contribution in [1.82, 2.24) is 0 Å². The molecule has 2 aliphatic rings. The number of hydrogen-bond acceptors (Lipinski definition) is 4. The van der Waals surface area contributed by atoms with Gasteiger partial charge in [-0.3, -0.25) is 0 Å². The van der Waals surface area contributed by atoms with Crippen molar-refractivity contribution in [2.45, 2.75) is 27.7 Å². The van der Waals surface area contributed by atoms with Crippen LogP contribution in [0.5, 0.6) is 0 Å². The summed E-state index contributed by atoms with van der Waals surface area (Å²) in [7, 11) is 0. The van der Waals surface area contributed by atoms with Crippen molar-refractivity contribution in [2.24, 2.45) is 22.4 Å². The molecule has 0 bridgehead atoms. The average molecular weight is 218 g/mol. The van der Waals surface area contributed by atoms with Crippen LogP contribution in [-0.2, 0) is 9.63 Å². The van der Waals surface area contributed by atoms with Gasteiger partial charge in [0.05, 0.1) is 11.8 Å². The predicted octanol–water partition coefficient (Wildman–Crippen LogP) is 2.03. The molecule has 4 nitrogen and oxygen atoms in total. The first kappa shape index (κ1) is 10.9. The second-order valence-corrected chi connectivity index (χ2v) is 4.99. The summed E-state index contributed by atoms with van der Waals surface area (Å²) in [5.74, 6) is 0.0639. The van der Waals surface area contributed by atoms with Gasteiger partial charge in [0.25, 0.3) is 0 Å². The third-order valence-electron chi connectivity index (χ3n) is 3.61. The van der Waals surface area contributed by atoms with Gasteiger partial charge >= 0.3 is 5.97 Å². The number of nitriles is 1. The largest absolute Gasteiger partial charge is 0.331 e. The number of carbonyl (C=O) groups excluding carboxylic acids is 1. The molecule has 2 aliphatic carbocycles. The van der Waals surface area contributed by atoms with Crippen LogP contribution in [0.2, 0.25) is 0 Å². The zero-order valence-corrected chi connectivity index (χ0v) is 9.87. The van der Waals surface area contributed by atoms with Gasteiger partial charge in [0.1, 0.15) is 0 Å². The second kappa shape index (κ2) is 3.18. The summed E-state index contributed by atoms with van der Waals surface area (Å²) in [4.78, 5) is 15.4. The highest BCUT2D eigenvalue weighted by Crippen LogP contribution is 2.67. The van der Waals surface area contributed by atoms with Gasteiger partial charge in [-0.1, -0.05) is 19.0 Å². The summed E-state index contributed by atoms with van der Waals surface area (Å²) in [5.41, 5.74) is 2.50. The van der Waals surface area contributed by atoms with E-state index in [2.05, 4.69) is 29.9 Å². The Morgan fingerprint density at radius 3 is 2.56 bits per heavy atom. The van der Waals surface area contributed by atoms with E-state index in [1.54, 1.807) is 0 Å². The number of nitrogens with zero attached hydrogens (tertiary/aromatic N) is 2. The quantitative estimate of drug-likeness (QED) is 0.499. The molecule has 0 radical (unpaired) electrons. The van der Waals surface area contributed by atoms with E-state index < -0.39 is 5.97 Å². The molecule has 0 unspecified atom stereocenters. The molecule has 0 heterocycles. The Balaban J connectivity index is 2.35. The molecule has 2 rings (SSSR count). The fourth-order valence-corrected chi connectivity index (χ4v) is 2.68. The zero-order chi connectivity index (χ0) is 12.1. The Morgan fingerprint density at radius 1 is 1.50 bits per heavy atom. The number of oxime groups is 1. The van der Waals surface area contributed by atoms with Gasteiger partial charge in [-0.25, -0.2) is 4.79 Å². The van der Waals surface area contributed by atoms with E-state index in [1.807, 2.05) is 6.92 Å². The Kier molecular flexibility index (Phi) is 2.16. The molecule has 2 atom stereocenters. The minimum Gasteiger partial charge on any atom is -0.318 e. The van der Waals surface area contributed by atoms with Crippen molar-refractivity contribution in [3.05, 3.63) is 11.1 Å². The molecule has 0 aromatic heterocycles. The Hall–Kier alpha value is -1.63. The van der Waals surface area contributed by atoms with Crippen LogP contribution in [0.1, 0.15) is 27.7 Å². The molecule has 0 aliphatic heterocycles. The first-order chi connectivity index (χ1) is 7.41. The molecule has 0 aromatic carbocycles. The molecule has 0 spiro atoms. The molecule has 0 amide bonds. The third-order valence-corrected chi connectivity index (χ3v) is 3.61. The summed E-state index contributed by atoms with van der Waals surface area (Å²) in [6, 6.07) is 2.24. The lowest BCUT2D eigenvalue weighted by Crippen LogP contribution is -2.10. The van der Waals surface area contributed by atoms with Crippen molar-refractivity contribution in [3.8, 4) is 6.07 Å². The maximum Gasteiger partial charge on any atom is 0.331 e. The molecule has 0 saturated heterocycles. The normalized spacial score (nSPS) is 32.3. The summed E-state index contributed by atoms with van der Waals surface area (Å²) in [6.45, 7) is 7.40. The van der Waals surface area contributed by atoms with Crippen LogP contribution in [-0.4, -0.2) is 11.7 Å². The van der Waals surface area contributed by atoms with Crippen LogP contribution in [0.4, 0.5) is 0 Å². The number of rotatable bonds is 1. The van der Waals surface area contributed by atoms with Gasteiger partial charge in [0, 0.05) is 24.3 Å². The van der Waals surface area contributed by atoms with E-state index in [-0.39, 0.29) is 17.3 Å². The fraction of sp³-hybridized carbons (Fsp3) is 0.583. The molecule has 1 fully saturated rings. The Morgan fingerprint density at radius 2 is 2.12 bits per heavy atom. The van der Waals surface area contributed by atoms with Crippen molar-refractivity contribution < 1.29 is 9.63 Å². The van der Waals surface area contributed by atoms with Crippen LogP contribution >= 0.6 is 0 Å². The second-order valence-electron chi connectivity index (χ2n) is 4.99. The smallest absolute Gasteiger partial charge is 0.318 e. The van der Waals surface area contributed by atoms with Crippen LogP contribution in [0.3, 0.4) is 0 Å². The topological polar surface area (TPSA) is 62.4 Å². The summed E-state index contributed by atoms with van der Waals surface area (Å²) >= 11 is 0. The monoisotopic (exact) mass is 218 g/mol. The maximum absolute atomic E-state index is 10.7. The highest BCUT2D eigenvalue weighted by molar-refractivity contribution is 6.09. The molecule has 4 heteroatoms. The van der Waals surface area contributed by atoms with E-state index in [0.717, 1.165) is 16.9 Å². The SMILES string of the molecule is CC(=O)O/N=C1/C(C)=C(C#N)[C@@H]2[C@H]1C2(C)C. The van der Waals surface area contributed by atoms with Crippen LogP contribution in [0.25, 0.3) is 0 Å². The van der Waals surface area contributed by atoms with Gasteiger partial charge in [-0.2, -0.15) is 5.26 Å². The van der Waals surface area contributed by atoms with Crippen LogP contribution in [0.15, 0.2) is 16.3 Å². The minimum atomic E-state index is -0.430. The molecular weight excluding hydrogens is 204 g/mol. The number of carbonyl (C=O) groups is 1. The summed E-state index contributed by atoms with van der Waals surface area (Å²) in [6.07, 6.45) is 0. The van der Waals surface area contributed by atoms with Crippen molar-refractivity contribution in [2.75, 3.05) is 0 Å². The molecule has 16 heavy (non-hydrogen) atoms. The number of allylic oxidation sites excluding steroid dienone is 2. The van der Waals surface area contributed by atoms with Gasteiger partial charge in [0.2, 0.25) is 0 Å². The van der Waals surface area contributed by atoms with E-state index in [9.17, 15) is 4.79 Å². The lowest BCUT2D eigenvalue weighted by Gasteiger charge is -2.10. The van der Waals surface area contributed by atoms with Gasteiger partial charge < -0.3 is 4.84 Å². The molecular formula is C12H14N2O2. The van der Waals surface area contributed by atoms with E-state index in [1.165, 1.54) is 6.92 Å². The Bertz CT molecular complexity index is 466. The summed E-state index contributed by atoms with van der Waals surface area (Å²) in [5, 5.41) is 13.0. The standard InChI is InChI=1S/C12H14N2O2/c1-6-8(5-13)9-10(12(9,3)4)11(6)14-16-7(2)15/h9-10H,1-4H3/b14-11-/t9-,10-/m1/s1. The number of hydrogen-bond donors (Lipinski definition) is 0. The fourth-order valence-electron chi connectivity index (χ4n) is 2.68. The van der Waals surface area contributed by atoms with E-state index in [0.29, 0.717) is 0 Å². The predicted molar refractivity (Wildman–Crippen MR) is 58.3 cm³/mol. The van der Waals surface area contributed by atoms with Crippen LogP contribution in [0, 0.1) is 28.6 Å². The van der Waals surface area contributed by atoms with Gasteiger partial charge in [0.15, 0.2) is 0 Å². The maximum atomic E-state index is 10.7. The molecule has 0 aromatic rings. The van der Waals surface area contributed by atoms with E-state index >= 15 is 0 Å². The molecule has 0 N–H and O–H groups in total. The van der Waals surface area contributed by atoms with Crippen molar-refractivity contribution >= 4 is 11.7 Å². The number of fused-ring (bicyclic) bond motifs is 1.